The van der Waals surface area contributed by atoms with E-state index in [-0.39, 0.29) is 0 Å². The number of aliphatic hydroxyl groups excluding tert-OH is 1. The first-order valence-corrected chi connectivity index (χ1v) is 7.30. The summed E-state index contributed by atoms with van der Waals surface area (Å²) < 4.78 is 0.828. The number of halogens is 1. The number of carboxylic acid groups (broad SMARTS) is 1. The third-order valence-electron chi connectivity index (χ3n) is 3.12. The van der Waals surface area contributed by atoms with Gasteiger partial charge in [0.15, 0.2) is 6.10 Å². The summed E-state index contributed by atoms with van der Waals surface area (Å²) in [7, 11) is 0. The molecule has 0 fully saturated rings. The van der Waals surface area contributed by atoms with Crippen molar-refractivity contribution in [3.05, 3.63) is 70.2 Å². The maximum Gasteiger partial charge on any atom is 0.335 e. The number of benzene rings is 2. The number of aliphatic carboxylic acids is 1. The molecule has 5 nitrogen and oxygen atoms in total. The fourth-order valence-electron chi connectivity index (χ4n) is 1.97. The quantitative estimate of drug-likeness (QED) is 0.760. The molecule has 0 aliphatic heterocycles. The van der Waals surface area contributed by atoms with Crippen LogP contribution in [-0.2, 0) is 4.79 Å². The number of rotatable bonds is 5. The molecule has 0 aliphatic carbocycles. The molecule has 0 aromatic heterocycles. The van der Waals surface area contributed by atoms with Crippen molar-refractivity contribution in [1.82, 2.24) is 5.32 Å². The SMILES string of the molecule is O=C(NC(c1ccccc1)C(O)C(=O)O)c1ccc(Br)cc1. The minimum Gasteiger partial charge on any atom is -0.479 e. The highest BCUT2D eigenvalue weighted by Crippen LogP contribution is 2.18. The molecule has 2 unspecified atom stereocenters. The van der Waals surface area contributed by atoms with E-state index in [0.717, 1.165) is 4.47 Å². The van der Waals surface area contributed by atoms with Crippen LogP contribution in [0.15, 0.2) is 59.1 Å². The first-order valence-electron chi connectivity index (χ1n) is 6.51. The maximum atomic E-state index is 12.2. The average molecular weight is 364 g/mol. The summed E-state index contributed by atoms with van der Waals surface area (Å²) in [5.74, 6) is -1.85. The van der Waals surface area contributed by atoms with Crippen LogP contribution in [0.5, 0.6) is 0 Å². The molecule has 0 spiro atoms. The molecule has 0 aliphatic rings. The molecule has 114 valence electrons. The predicted octanol–water partition coefficient (Wildman–Crippen LogP) is 2.37. The number of carbonyl (C=O) groups excluding carboxylic acids is 1. The van der Waals surface area contributed by atoms with Gasteiger partial charge < -0.3 is 15.5 Å². The van der Waals surface area contributed by atoms with Gasteiger partial charge >= 0.3 is 5.97 Å². The Morgan fingerprint density at radius 3 is 2.14 bits per heavy atom. The Labute approximate surface area is 135 Å². The van der Waals surface area contributed by atoms with Gasteiger partial charge in [-0.1, -0.05) is 46.3 Å². The maximum absolute atomic E-state index is 12.2. The van der Waals surface area contributed by atoms with Crippen LogP contribution in [0.1, 0.15) is 22.0 Å². The predicted molar refractivity (Wildman–Crippen MR) is 84.4 cm³/mol. The number of carboxylic acids is 1. The van der Waals surface area contributed by atoms with Crippen LogP contribution >= 0.6 is 15.9 Å². The van der Waals surface area contributed by atoms with Crippen molar-refractivity contribution in [2.24, 2.45) is 0 Å². The van der Waals surface area contributed by atoms with Gasteiger partial charge in [-0.05, 0) is 29.8 Å². The van der Waals surface area contributed by atoms with Crippen molar-refractivity contribution in [2.45, 2.75) is 12.1 Å². The van der Waals surface area contributed by atoms with Crippen LogP contribution in [-0.4, -0.2) is 28.2 Å². The molecule has 0 saturated heterocycles. The van der Waals surface area contributed by atoms with Crippen molar-refractivity contribution in [2.75, 3.05) is 0 Å². The zero-order chi connectivity index (χ0) is 16.1. The van der Waals surface area contributed by atoms with Gasteiger partial charge in [0.2, 0.25) is 0 Å². The highest BCUT2D eigenvalue weighted by molar-refractivity contribution is 9.10. The monoisotopic (exact) mass is 363 g/mol. The minimum atomic E-state index is -1.73. The zero-order valence-electron chi connectivity index (χ0n) is 11.4. The molecule has 1 amide bonds. The Kier molecular flexibility index (Phi) is 5.30. The van der Waals surface area contributed by atoms with Gasteiger partial charge in [-0.25, -0.2) is 4.79 Å². The number of nitrogens with one attached hydrogen (secondary N) is 1. The lowest BCUT2D eigenvalue weighted by Crippen LogP contribution is -2.40. The number of hydrogen-bond donors (Lipinski definition) is 3. The van der Waals surface area contributed by atoms with Crippen molar-refractivity contribution < 1.29 is 19.8 Å². The molecular formula is C16H14BrNO4. The molecule has 2 aromatic rings. The van der Waals surface area contributed by atoms with E-state index in [0.29, 0.717) is 11.1 Å². The lowest BCUT2D eigenvalue weighted by Gasteiger charge is -2.22. The highest BCUT2D eigenvalue weighted by Gasteiger charge is 2.28. The van der Waals surface area contributed by atoms with Gasteiger partial charge in [0.1, 0.15) is 0 Å². The van der Waals surface area contributed by atoms with E-state index >= 15 is 0 Å². The second-order valence-electron chi connectivity index (χ2n) is 4.65. The Hall–Kier alpha value is -2.18. The molecule has 22 heavy (non-hydrogen) atoms. The number of aliphatic hydroxyl groups is 1. The van der Waals surface area contributed by atoms with Crippen molar-refractivity contribution >= 4 is 27.8 Å². The third kappa shape index (κ3) is 3.93. The number of amides is 1. The summed E-state index contributed by atoms with van der Waals surface area (Å²) in [6.45, 7) is 0. The van der Waals surface area contributed by atoms with Gasteiger partial charge in [-0.3, -0.25) is 4.79 Å². The molecular weight excluding hydrogens is 350 g/mol. The van der Waals surface area contributed by atoms with E-state index in [1.807, 2.05) is 0 Å². The fourth-order valence-corrected chi connectivity index (χ4v) is 2.24. The summed E-state index contributed by atoms with van der Waals surface area (Å²) in [5, 5.41) is 21.4. The topological polar surface area (TPSA) is 86.6 Å². The van der Waals surface area contributed by atoms with E-state index in [4.69, 9.17) is 5.11 Å². The van der Waals surface area contributed by atoms with Crippen LogP contribution in [0.2, 0.25) is 0 Å². The normalized spacial score (nSPS) is 13.2. The zero-order valence-corrected chi connectivity index (χ0v) is 13.0. The van der Waals surface area contributed by atoms with Gasteiger partial charge in [0, 0.05) is 10.0 Å². The number of carbonyl (C=O) groups is 2. The summed E-state index contributed by atoms with van der Waals surface area (Å²) in [5.41, 5.74) is 0.893. The Balaban J connectivity index is 2.25. The fraction of sp³-hybridized carbons (Fsp3) is 0.125. The minimum absolute atomic E-state index is 0.377. The van der Waals surface area contributed by atoms with Gasteiger partial charge in [-0.15, -0.1) is 0 Å². The molecule has 2 aromatic carbocycles. The van der Waals surface area contributed by atoms with Gasteiger partial charge in [0.25, 0.3) is 5.91 Å². The van der Waals surface area contributed by atoms with Crippen LogP contribution in [0, 0.1) is 0 Å². The molecule has 6 heteroatoms. The largest absolute Gasteiger partial charge is 0.479 e. The third-order valence-corrected chi connectivity index (χ3v) is 3.65. The lowest BCUT2D eigenvalue weighted by atomic mass is 10.0. The van der Waals surface area contributed by atoms with E-state index in [9.17, 15) is 14.7 Å². The molecule has 0 radical (unpaired) electrons. The molecule has 3 N–H and O–H groups in total. The molecule has 0 saturated carbocycles. The first-order chi connectivity index (χ1) is 10.5. The van der Waals surface area contributed by atoms with E-state index in [1.165, 1.54) is 0 Å². The van der Waals surface area contributed by atoms with Crippen molar-refractivity contribution in [1.29, 1.82) is 0 Å². The van der Waals surface area contributed by atoms with E-state index in [2.05, 4.69) is 21.2 Å². The molecule has 0 heterocycles. The smallest absolute Gasteiger partial charge is 0.335 e. The van der Waals surface area contributed by atoms with Gasteiger partial charge in [-0.2, -0.15) is 0 Å². The van der Waals surface area contributed by atoms with Crippen LogP contribution in [0.4, 0.5) is 0 Å². The van der Waals surface area contributed by atoms with Crippen LogP contribution < -0.4 is 5.32 Å². The van der Waals surface area contributed by atoms with Crippen molar-refractivity contribution in [3.63, 3.8) is 0 Å². The first kappa shape index (κ1) is 16.2. The second kappa shape index (κ2) is 7.20. The van der Waals surface area contributed by atoms with Crippen LogP contribution in [0.25, 0.3) is 0 Å². The summed E-state index contributed by atoms with van der Waals surface area (Å²) >= 11 is 3.27. The average Bonchev–Trinajstić information content (AvgIpc) is 2.53. The number of hydrogen-bond acceptors (Lipinski definition) is 3. The molecule has 0 bridgehead atoms. The van der Waals surface area contributed by atoms with Crippen LogP contribution in [0.3, 0.4) is 0 Å². The Bertz CT molecular complexity index is 658. The second-order valence-corrected chi connectivity index (χ2v) is 5.57. The lowest BCUT2D eigenvalue weighted by molar-refractivity contribution is -0.148. The highest BCUT2D eigenvalue weighted by atomic mass is 79.9. The van der Waals surface area contributed by atoms with Gasteiger partial charge in [0.05, 0.1) is 6.04 Å². The summed E-state index contributed by atoms with van der Waals surface area (Å²) in [6, 6.07) is 14.1. The van der Waals surface area contributed by atoms with Crippen molar-refractivity contribution in [3.8, 4) is 0 Å². The standard InChI is InChI=1S/C16H14BrNO4/c17-12-8-6-11(7-9-12)15(20)18-13(14(19)16(21)22)10-4-2-1-3-5-10/h1-9,13-14,19H,(H,18,20)(H,21,22). The summed E-state index contributed by atoms with van der Waals surface area (Å²) in [6.07, 6.45) is -1.73. The molecule has 2 atom stereocenters. The van der Waals surface area contributed by atoms with E-state index < -0.39 is 24.0 Å². The molecule has 2 rings (SSSR count). The Morgan fingerprint density at radius 2 is 1.59 bits per heavy atom. The summed E-state index contributed by atoms with van der Waals surface area (Å²) in [4.78, 5) is 23.3. The van der Waals surface area contributed by atoms with E-state index in [1.54, 1.807) is 54.6 Å². The Morgan fingerprint density at radius 1 is 1.00 bits per heavy atom.